The van der Waals surface area contributed by atoms with Gasteiger partial charge in [0.05, 0.1) is 15.7 Å². The predicted octanol–water partition coefficient (Wildman–Crippen LogP) is 2.73. The van der Waals surface area contributed by atoms with E-state index < -0.39 is 0 Å². The van der Waals surface area contributed by atoms with Crippen molar-refractivity contribution in [1.29, 1.82) is 0 Å². The van der Waals surface area contributed by atoms with Crippen molar-refractivity contribution >= 4 is 33.3 Å². The van der Waals surface area contributed by atoms with E-state index in [2.05, 4.69) is 30.6 Å². The first-order chi connectivity index (χ1) is 13.6. The normalized spacial score (nSPS) is 10.9. The third-order valence-corrected chi connectivity index (χ3v) is 5.00. The highest BCUT2D eigenvalue weighted by atomic mass is 32.1. The Kier molecular flexibility index (Phi) is 4.98. The first-order valence-electron chi connectivity index (χ1n) is 8.81. The van der Waals surface area contributed by atoms with Crippen LogP contribution < -0.4 is 10.6 Å². The van der Waals surface area contributed by atoms with Crippen LogP contribution in [-0.4, -0.2) is 43.5 Å². The Morgan fingerprint density at radius 3 is 2.86 bits per heavy atom. The van der Waals surface area contributed by atoms with E-state index in [9.17, 15) is 4.79 Å². The van der Waals surface area contributed by atoms with Crippen molar-refractivity contribution in [3.05, 3.63) is 59.4 Å². The number of nitrogens with one attached hydrogen (secondary N) is 2. The zero-order chi connectivity index (χ0) is 19.5. The summed E-state index contributed by atoms with van der Waals surface area (Å²) in [6, 6.07) is 7.38. The standard InChI is InChI=1S/C19H19N7OS/c1-12-24-17(10-18(25-12)26-8-7-20-13(26)2)21-5-6-22-19(27)14-3-4-15-16(9-14)28-11-23-15/h3-4,7-11H,5-6H2,1-2H3,(H,22,27)(H,21,24,25). The van der Waals surface area contributed by atoms with Crippen LogP contribution in [-0.2, 0) is 0 Å². The second kappa shape index (κ2) is 7.73. The average Bonchev–Trinajstić information content (AvgIpc) is 3.32. The topological polar surface area (TPSA) is 97.6 Å². The molecule has 3 aromatic heterocycles. The molecule has 1 amide bonds. The molecule has 0 spiro atoms. The second-order valence-electron chi connectivity index (χ2n) is 6.22. The number of aromatic nitrogens is 5. The molecule has 142 valence electrons. The summed E-state index contributed by atoms with van der Waals surface area (Å²) in [6.07, 6.45) is 3.60. The van der Waals surface area contributed by atoms with Crippen molar-refractivity contribution in [2.75, 3.05) is 18.4 Å². The number of thiazole rings is 1. The SMILES string of the molecule is Cc1nc(NCCNC(=O)c2ccc3ncsc3c2)cc(-n2ccnc2C)n1. The highest BCUT2D eigenvalue weighted by Crippen LogP contribution is 2.19. The van der Waals surface area contributed by atoms with E-state index in [-0.39, 0.29) is 5.91 Å². The number of nitrogens with zero attached hydrogens (tertiary/aromatic N) is 5. The summed E-state index contributed by atoms with van der Waals surface area (Å²) in [5, 5.41) is 6.15. The Morgan fingerprint density at radius 1 is 1.14 bits per heavy atom. The van der Waals surface area contributed by atoms with Crippen LogP contribution in [0.15, 0.2) is 42.2 Å². The van der Waals surface area contributed by atoms with Gasteiger partial charge in [0, 0.05) is 37.1 Å². The van der Waals surface area contributed by atoms with Crippen LogP contribution in [0.2, 0.25) is 0 Å². The van der Waals surface area contributed by atoms with Gasteiger partial charge in [-0.1, -0.05) is 0 Å². The molecule has 0 fully saturated rings. The van der Waals surface area contributed by atoms with Crippen LogP contribution in [0.1, 0.15) is 22.0 Å². The molecular weight excluding hydrogens is 374 g/mol. The molecule has 0 aliphatic heterocycles. The maximum Gasteiger partial charge on any atom is 0.251 e. The molecule has 9 heteroatoms. The highest BCUT2D eigenvalue weighted by Gasteiger charge is 2.08. The number of fused-ring (bicyclic) bond motifs is 1. The van der Waals surface area contributed by atoms with Crippen molar-refractivity contribution < 1.29 is 4.79 Å². The monoisotopic (exact) mass is 393 g/mol. The van der Waals surface area contributed by atoms with Gasteiger partial charge in [0.1, 0.15) is 23.3 Å². The molecule has 4 aromatic rings. The van der Waals surface area contributed by atoms with Crippen LogP contribution in [0.3, 0.4) is 0 Å². The van der Waals surface area contributed by atoms with Gasteiger partial charge in [-0.15, -0.1) is 11.3 Å². The van der Waals surface area contributed by atoms with E-state index in [4.69, 9.17) is 0 Å². The summed E-state index contributed by atoms with van der Waals surface area (Å²) in [5.74, 6) is 2.87. The number of imidazole rings is 1. The van der Waals surface area contributed by atoms with Crippen molar-refractivity contribution in [2.45, 2.75) is 13.8 Å². The number of rotatable bonds is 6. The van der Waals surface area contributed by atoms with Gasteiger partial charge in [0.25, 0.3) is 5.91 Å². The molecule has 0 saturated heterocycles. The number of benzene rings is 1. The van der Waals surface area contributed by atoms with Gasteiger partial charge in [-0.2, -0.15) is 0 Å². The third-order valence-electron chi connectivity index (χ3n) is 4.21. The van der Waals surface area contributed by atoms with E-state index >= 15 is 0 Å². The van der Waals surface area contributed by atoms with E-state index in [0.29, 0.717) is 30.3 Å². The van der Waals surface area contributed by atoms with Crippen LogP contribution in [0.4, 0.5) is 5.82 Å². The fourth-order valence-electron chi connectivity index (χ4n) is 2.85. The van der Waals surface area contributed by atoms with Gasteiger partial charge < -0.3 is 10.6 Å². The molecule has 0 aliphatic carbocycles. The lowest BCUT2D eigenvalue weighted by atomic mass is 10.2. The van der Waals surface area contributed by atoms with Crippen LogP contribution >= 0.6 is 11.3 Å². The lowest BCUT2D eigenvalue weighted by Crippen LogP contribution is -2.28. The predicted molar refractivity (Wildman–Crippen MR) is 109 cm³/mol. The molecule has 3 heterocycles. The van der Waals surface area contributed by atoms with E-state index in [1.54, 1.807) is 17.8 Å². The minimum absolute atomic E-state index is 0.106. The smallest absolute Gasteiger partial charge is 0.251 e. The largest absolute Gasteiger partial charge is 0.368 e. The lowest BCUT2D eigenvalue weighted by Gasteiger charge is -2.10. The zero-order valence-corrected chi connectivity index (χ0v) is 16.3. The summed E-state index contributed by atoms with van der Waals surface area (Å²) in [4.78, 5) is 29.6. The number of aryl methyl sites for hydroxylation is 2. The van der Waals surface area contributed by atoms with Gasteiger partial charge in [-0.05, 0) is 32.0 Å². The molecule has 28 heavy (non-hydrogen) atoms. The first-order valence-corrected chi connectivity index (χ1v) is 9.69. The fourth-order valence-corrected chi connectivity index (χ4v) is 3.57. The molecule has 8 nitrogen and oxygen atoms in total. The Labute approximate surface area is 165 Å². The summed E-state index contributed by atoms with van der Waals surface area (Å²) in [7, 11) is 0. The van der Waals surface area contributed by atoms with Gasteiger partial charge in [-0.25, -0.2) is 19.9 Å². The van der Waals surface area contributed by atoms with Gasteiger partial charge >= 0.3 is 0 Å². The van der Waals surface area contributed by atoms with Gasteiger partial charge in [0.2, 0.25) is 0 Å². The molecule has 2 N–H and O–H groups in total. The van der Waals surface area contributed by atoms with Crippen LogP contribution in [0.5, 0.6) is 0 Å². The number of hydrogen-bond donors (Lipinski definition) is 2. The van der Waals surface area contributed by atoms with Crippen molar-refractivity contribution in [2.24, 2.45) is 0 Å². The Morgan fingerprint density at radius 2 is 2.04 bits per heavy atom. The minimum Gasteiger partial charge on any atom is -0.368 e. The summed E-state index contributed by atoms with van der Waals surface area (Å²) in [6.45, 7) is 4.79. The first kappa shape index (κ1) is 18.1. The molecule has 0 radical (unpaired) electrons. The molecule has 0 atom stereocenters. The second-order valence-corrected chi connectivity index (χ2v) is 7.11. The van der Waals surface area contributed by atoms with Gasteiger partial charge in [-0.3, -0.25) is 9.36 Å². The number of carbonyl (C=O) groups is 1. The van der Waals surface area contributed by atoms with Crippen LogP contribution in [0.25, 0.3) is 16.0 Å². The Balaban J connectivity index is 1.35. The zero-order valence-electron chi connectivity index (χ0n) is 15.5. The van der Waals surface area contributed by atoms with Gasteiger partial charge in [0.15, 0.2) is 0 Å². The fraction of sp³-hybridized carbons (Fsp3) is 0.211. The lowest BCUT2D eigenvalue weighted by molar-refractivity contribution is 0.0955. The molecule has 0 aliphatic rings. The van der Waals surface area contributed by atoms with E-state index in [0.717, 1.165) is 21.9 Å². The van der Waals surface area contributed by atoms with E-state index in [1.807, 2.05) is 42.8 Å². The van der Waals surface area contributed by atoms with E-state index in [1.165, 1.54) is 11.3 Å². The Bertz CT molecular complexity index is 1130. The molecule has 0 bridgehead atoms. The number of carbonyl (C=O) groups excluding carboxylic acids is 1. The quantitative estimate of drug-likeness (QED) is 0.489. The van der Waals surface area contributed by atoms with Crippen LogP contribution in [0, 0.1) is 13.8 Å². The third kappa shape index (κ3) is 3.84. The summed E-state index contributed by atoms with van der Waals surface area (Å²) >= 11 is 1.52. The Hall–Kier alpha value is -3.33. The highest BCUT2D eigenvalue weighted by molar-refractivity contribution is 7.16. The maximum atomic E-state index is 12.3. The maximum absolute atomic E-state index is 12.3. The van der Waals surface area contributed by atoms with Crippen molar-refractivity contribution in [1.82, 2.24) is 29.8 Å². The molecule has 1 aromatic carbocycles. The molecule has 0 saturated carbocycles. The van der Waals surface area contributed by atoms with Crippen molar-refractivity contribution in [3.63, 3.8) is 0 Å². The minimum atomic E-state index is -0.106. The average molecular weight is 393 g/mol. The molecule has 0 unspecified atom stereocenters. The number of amides is 1. The summed E-state index contributed by atoms with van der Waals surface area (Å²) < 4.78 is 2.90. The number of hydrogen-bond acceptors (Lipinski definition) is 7. The number of anilines is 1. The molecule has 4 rings (SSSR count). The molecular formula is C19H19N7OS. The summed E-state index contributed by atoms with van der Waals surface area (Å²) in [5.41, 5.74) is 3.32. The van der Waals surface area contributed by atoms with Crippen molar-refractivity contribution in [3.8, 4) is 5.82 Å².